The molecular formula is C13H23N5O2. The van der Waals surface area contributed by atoms with E-state index >= 15 is 0 Å². The number of nitrogens with two attached hydrogens (primary N) is 1. The predicted molar refractivity (Wildman–Crippen MR) is 76.5 cm³/mol. The molecule has 1 aromatic rings. The van der Waals surface area contributed by atoms with Crippen molar-refractivity contribution in [1.29, 1.82) is 0 Å². The Morgan fingerprint density at radius 1 is 1.50 bits per heavy atom. The fraction of sp³-hybridized carbons (Fsp3) is 0.769. The molecule has 1 unspecified atom stereocenters. The van der Waals surface area contributed by atoms with Gasteiger partial charge in [-0.1, -0.05) is 6.42 Å². The van der Waals surface area contributed by atoms with E-state index in [-0.39, 0.29) is 10.7 Å². The Morgan fingerprint density at radius 3 is 3.00 bits per heavy atom. The van der Waals surface area contributed by atoms with Crippen LogP contribution in [0.2, 0.25) is 0 Å². The van der Waals surface area contributed by atoms with Crippen molar-refractivity contribution in [1.82, 2.24) is 14.5 Å². The van der Waals surface area contributed by atoms with E-state index in [9.17, 15) is 10.1 Å². The molecule has 0 aromatic carbocycles. The number of piperidine rings is 1. The molecule has 1 aromatic heterocycles. The molecule has 1 fully saturated rings. The summed E-state index contributed by atoms with van der Waals surface area (Å²) in [5.41, 5.74) is 5.67. The van der Waals surface area contributed by atoms with E-state index in [1.807, 2.05) is 0 Å². The van der Waals surface area contributed by atoms with Crippen molar-refractivity contribution in [2.45, 2.75) is 45.2 Å². The highest BCUT2D eigenvalue weighted by atomic mass is 16.6. The second kappa shape index (κ2) is 6.81. The van der Waals surface area contributed by atoms with Crippen molar-refractivity contribution in [3.8, 4) is 0 Å². The summed E-state index contributed by atoms with van der Waals surface area (Å²) < 4.78 is 1.69. The van der Waals surface area contributed by atoms with Crippen molar-refractivity contribution in [3.63, 3.8) is 0 Å². The smallest absolute Gasteiger partial charge is 0.342 e. The van der Waals surface area contributed by atoms with Crippen LogP contribution >= 0.6 is 0 Å². The molecule has 0 radical (unpaired) electrons. The molecule has 1 atom stereocenters. The van der Waals surface area contributed by atoms with Crippen LogP contribution in [0.3, 0.4) is 0 Å². The van der Waals surface area contributed by atoms with Gasteiger partial charge < -0.3 is 15.8 Å². The molecular weight excluding hydrogens is 258 g/mol. The van der Waals surface area contributed by atoms with Gasteiger partial charge in [-0.25, -0.2) is 9.55 Å². The lowest BCUT2D eigenvalue weighted by Crippen LogP contribution is -2.42. The van der Waals surface area contributed by atoms with E-state index in [4.69, 9.17) is 5.73 Å². The summed E-state index contributed by atoms with van der Waals surface area (Å²) in [7, 11) is 0. The minimum absolute atomic E-state index is 0.0786. The number of aromatic nitrogens is 2. The van der Waals surface area contributed by atoms with Crippen molar-refractivity contribution >= 4 is 5.82 Å². The minimum atomic E-state index is -0.367. The van der Waals surface area contributed by atoms with E-state index in [1.165, 1.54) is 25.5 Å². The van der Waals surface area contributed by atoms with Gasteiger partial charge in [0, 0.05) is 19.5 Å². The van der Waals surface area contributed by atoms with E-state index in [0.717, 1.165) is 19.5 Å². The molecule has 0 bridgehead atoms. The molecule has 1 aliphatic rings. The van der Waals surface area contributed by atoms with Crippen LogP contribution in [0.4, 0.5) is 5.82 Å². The number of imidazole rings is 1. The summed E-state index contributed by atoms with van der Waals surface area (Å²) in [6.07, 6.45) is 5.98. The van der Waals surface area contributed by atoms with Gasteiger partial charge in [-0.05, 0) is 37.3 Å². The summed E-state index contributed by atoms with van der Waals surface area (Å²) >= 11 is 0. The van der Waals surface area contributed by atoms with Crippen LogP contribution in [-0.2, 0) is 6.54 Å². The van der Waals surface area contributed by atoms with E-state index in [1.54, 1.807) is 11.5 Å². The minimum Gasteiger partial charge on any atom is -0.358 e. The fourth-order valence-corrected chi connectivity index (χ4v) is 2.98. The number of hydrogen-bond donors (Lipinski definition) is 1. The normalized spacial score (nSPS) is 20.2. The number of likely N-dealkylation sites (tertiary alicyclic amines) is 1. The third-order valence-electron chi connectivity index (χ3n) is 4.08. The maximum atomic E-state index is 11.0. The molecule has 1 aliphatic heterocycles. The van der Waals surface area contributed by atoms with Crippen LogP contribution in [0.15, 0.2) is 6.20 Å². The molecule has 0 saturated carbocycles. The lowest BCUT2D eigenvalue weighted by Gasteiger charge is -2.35. The van der Waals surface area contributed by atoms with Crippen molar-refractivity contribution < 1.29 is 4.92 Å². The summed E-state index contributed by atoms with van der Waals surface area (Å²) in [6, 6.07) is 0.525. The van der Waals surface area contributed by atoms with Gasteiger partial charge in [0.15, 0.2) is 5.82 Å². The van der Waals surface area contributed by atoms with Crippen LogP contribution in [-0.4, -0.2) is 45.1 Å². The Hall–Kier alpha value is -1.47. The molecule has 7 heteroatoms. The second-order valence-corrected chi connectivity index (χ2v) is 5.34. The van der Waals surface area contributed by atoms with Gasteiger partial charge in [0.05, 0.1) is 0 Å². The standard InChI is InChI=1S/C13H23N5O2/c1-11-15-10-13(18(19)20)17(11)9-8-16-7-3-2-4-12(16)5-6-14/h10,12H,2-9,14H2,1H3. The van der Waals surface area contributed by atoms with Crippen molar-refractivity contribution in [2.75, 3.05) is 19.6 Å². The first-order valence-corrected chi connectivity index (χ1v) is 7.24. The summed E-state index contributed by atoms with van der Waals surface area (Å²) in [5, 5.41) is 11.0. The molecule has 2 heterocycles. The maximum absolute atomic E-state index is 11.0. The Balaban J connectivity index is 2.00. The van der Waals surface area contributed by atoms with Crippen LogP contribution in [0.25, 0.3) is 0 Å². The largest absolute Gasteiger partial charge is 0.358 e. The molecule has 2 N–H and O–H groups in total. The predicted octanol–water partition coefficient (Wildman–Crippen LogP) is 1.30. The average molecular weight is 281 g/mol. The average Bonchev–Trinajstić information content (AvgIpc) is 2.79. The zero-order chi connectivity index (χ0) is 14.5. The van der Waals surface area contributed by atoms with Gasteiger partial charge in [0.25, 0.3) is 0 Å². The lowest BCUT2D eigenvalue weighted by atomic mass is 9.99. The van der Waals surface area contributed by atoms with Gasteiger partial charge in [0.1, 0.15) is 12.7 Å². The molecule has 0 aliphatic carbocycles. The quantitative estimate of drug-likeness (QED) is 0.627. The summed E-state index contributed by atoms with van der Waals surface area (Å²) in [4.78, 5) is 17.1. The Labute approximate surface area is 118 Å². The molecule has 1 saturated heterocycles. The van der Waals surface area contributed by atoms with Crippen molar-refractivity contribution in [2.24, 2.45) is 5.73 Å². The number of nitro groups is 1. The molecule has 2 rings (SSSR count). The second-order valence-electron chi connectivity index (χ2n) is 5.34. The van der Waals surface area contributed by atoms with Gasteiger partial charge >= 0.3 is 5.82 Å². The van der Waals surface area contributed by atoms with Crippen LogP contribution < -0.4 is 5.73 Å². The van der Waals surface area contributed by atoms with Gasteiger partial charge in [-0.15, -0.1) is 0 Å². The zero-order valence-electron chi connectivity index (χ0n) is 12.0. The third kappa shape index (κ3) is 3.34. The molecule has 0 spiro atoms. The Morgan fingerprint density at radius 2 is 2.30 bits per heavy atom. The lowest BCUT2D eigenvalue weighted by molar-refractivity contribution is -0.392. The monoisotopic (exact) mass is 281 g/mol. The number of rotatable bonds is 6. The van der Waals surface area contributed by atoms with Crippen LogP contribution in [0.5, 0.6) is 0 Å². The first kappa shape index (κ1) is 14.9. The van der Waals surface area contributed by atoms with Gasteiger partial charge in [-0.2, -0.15) is 0 Å². The third-order valence-corrected chi connectivity index (χ3v) is 4.08. The zero-order valence-corrected chi connectivity index (χ0v) is 12.0. The molecule has 7 nitrogen and oxygen atoms in total. The number of nitrogens with zero attached hydrogens (tertiary/aromatic N) is 4. The van der Waals surface area contributed by atoms with Gasteiger partial charge in [-0.3, -0.25) is 4.90 Å². The Bertz CT molecular complexity index is 458. The molecule has 112 valence electrons. The van der Waals surface area contributed by atoms with Gasteiger partial charge in [0.2, 0.25) is 0 Å². The van der Waals surface area contributed by atoms with E-state index in [0.29, 0.717) is 25.0 Å². The number of aryl methyl sites for hydroxylation is 1. The summed E-state index contributed by atoms with van der Waals surface area (Å²) in [5.74, 6) is 0.777. The summed E-state index contributed by atoms with van der Waals surface area (Å²) in [6.45, 7) is 5.00. The van der Waals surface area contributed by atoms with Crippen LogP contribution in [0, 0.1) is 17.0 Å². The Kier molecular flexibility index (Phi) is 5.08. The topological polar surface area (TPSA) is 90.2 Å². The first-order valence-electron chi connectivity index (χ1n) is 7.24. The van der Waals surface area contributed by atoms with Crippen LogP contribution in [0.1, 0.15) is 31.5 Å². The first-order chi connectivity index (χ1) is 9.63. The fourth-order valence-electron chi connectivity index (χ4n) is 2.98. The van der Waals surface area contributed by atoms with Crippen molar-refractivity contribution in [3.05, 3.63) is 22.1 Å². The SMILES string of the molecule is Cc1ncc([N+](=O)[O-])n1CCN1CCCCC1CCN. The highest BCUT2D eigenvalue weighted by Crippen LogP contribution is 2.20. The molecule has 20 heavy (non-hydrogen) atoms. The highest BCUT2D eigenvalue weighted by molar-refractivity contribution is 5.18. The number of hydrogen-bond acceptors (Lipinski definition) is 5. The highest BCUT2D eigenvalue weighted by Gasteiger charge is 2.24. The maximum Gasteiger partial charge on any atom is 0.342 e. The molecule has 0 amide bonds. The van der Waals surface area contributed by atoms with E-state index < -0.39 is 0 Å². The van der Waals surface area contributed by atoms with E-state index in [2.05, 4.69) is 9.88 Å².